The molecule has 0 aliphatic carbocycles. The molecule has 2 aromatic carbocycles. The number of benzene rings is 2. The first-order valence-electron chi connectivity index (χ1n) is 9.63. The Morgan fingerprint density at radius 3 is 2.27 bits per heavy atom. The number of nitrogens with one attached hydrogen (secondary N) is 1. The Labute approximate surface area is 175 Å². The molecule has 9 nitrogen and oxygen atoms in total. The predicted octanol–water partition coefficient (Wildman–Crippen LogP) is 0.143. The Morgan fingerprint density at radius 2 is 1.70 bits per heavy atom. The molecule has 0 atom stereocenters. The number of nitro groups is 1. The van der Waals surface area contributed by atoms with Gasteiger partial charge in [0.05, 0.1) is 36.0 Å². The topological polar surface area (TPSA) is 105 Å². The van der Waals surface area contributed by atoms with Gasteiger partial charge in [-0.25, -0.2) is 8.42 Å². The van der Waals surface area contributed by atoms with Gasteiger partial charge in [0.15, 0.2) is 6.54 Å². The molecule has 1 fully saturated rings. The summed E-state index contributed by atoms with van der Waals surface area (Å²) >= 11 is 0. The summed E-state index contributed by atoms with van der Waals surface area (Å²) in [6.45, 7) is 2.49. The van der Waals surface area contributed by atoms with Crippen LogP contribution in [-0.2, 0) is 21.4 Å². The maximum atomic E-state index is 12.8. The maximum absolute atomic E-state index is 12.8. The van der Waals surface area contributed by atoms with Gasteiger partial charge in [-0.3, -0.25) is 14.9 Å². The smallest absolute Gasteiger partial charge is 0.277 e. The average molecular weight is 434 g/mol. The molecule has 0 radical (unpaired) electrons. The number of quaternary nitrogens is 1. The van der Waals surface area contributed by atoms with E-state index in [1.54, 1.807) is 11.9 Å². The molecule has 30 heavy (non-hydrogen) atoms. The Morgan fingerprint density at radius 1 is 1.10 bits per heavy atom. The molecule has 1 amide bonds. The quantitative estimate of drug-likeness (QED) is 0.494. The van der Waals surface area contributed by atoms with Crippen LogP contribution in [0.1, 0.15) is 5.56 Å². The SMILES string of the molecule is CN(Cc1ccccc1)C(=O)C[NH+]1CCN(S(=O)(=O)c2ccc([N+](=O)[O-])cc2)CC1. The molecule has 3 rings (SSSR count). The minimum absolute atomic E-state index is 0.0144. The van der Waals surface area contributed by atoms with E-state index in [1.165, 1.54) is 28.6 Å². The Hall–Kier alpha value is -2.82. The second kappa shape index (κ2) is 9.33. The number of non-ortho nitro benzene ring substituents is 1. The van der Waals surface area contributed by atoms with Crippen LogP contribution in [0.25, 0.3) is 0 Å². The summed E-state index contributed by atoms with van der Waals surface area (Å²) in [7, 11) is -1.94. The first-order valence-corrected chi connectivity index (χ1v) is 11.1. The Kier molecular flexibility index (Phi) is 6.80. The average Bonchev–Trinajstić information content (AvgIpc) is 2.75. The summed E-state index contributed by atoms with van der Waals surface area (Å²) in [6, 6.07) is 14.6. The third-order valence-electron chi connectivity index (χ3n) is 5.20. The van der Waals surface area contributed by atoms with Crippen molar-refractivity contribution in [1.82, 2.24) is 9.21 Å². The lowest BCUT2D eigenvalue weighted by Crippen LogP contribution is -3.15. The molecule has 160 valence electrons. The second-order valence-electron chi connectivity index (χ2n) is 7.32. The van der Waals surface area contributed by atoms with Gasteiger partial charge in [-0.05, 0) is 17.7 Å². The summed E-state index contributed by atoms with van der Waals surface area (Å²) in [5.41, 5.74) is 0.906. The zero-order valence-corrected chi connectivity index (χ0v) is 17.5. The molecule has 1 heterocycles. The first kappa shape index (κ1) is 21.9. The van der Waals surface area contributed by atoms with Crippen LogP contribution in [0.2, 0.25) is 0 Å². The minimum atomic E-state index is -3.71. The highest BCUT2D eigenvalue weighted by molar-refractivity contribution is 7.89. The fraction of sp³-hybridized carbons (Fsp3) is 0.350. The monoisotopic (exact) mass is 433 g/mol. The lowest BCUT2D eigenvalue weighted by Gasteiger charge is -2.32. The number of rotatable bonds is 7. The van der Waals surface area contributed by atoms with Crippen LogP contribution in [0.15, 0.2) is 59.5 Å². The summed E-state index contributed by atoms with van der Waals surface area (Å²) in [4.78, 5) is 25.5. The standard InChI is InChI=1S/C20H24N4O5S/c1-21(15-17-5-3-2-4-6-17)20(25)16-22-11-13-23(14-12-22)30(28,29)19-9-7-18(8-10-19)24(26)27/h2-10H,11-16H2,1H3/p+1. The molecule has 1 N–H and O–H groups in total. The van der Waals surface area contributed by atoms with Gasteiger partial charge in [-0.2, -0.15) is 4.31 Å². The van der Waals surface area contributed by atoms with Crippen LogP contribution >= 0.6 is 0 Å². The second-order valence-corrected chi connectivity index (χ2v) is 9.26. The summed E-state index contributed by atoms with van der Waals surface area (Å²) in [5, 5.41) is 10.7. The number of amides is 1. The van der Waals surface area contributed by atoms with Crippen molar-refractivity contribution >= 4 is 21.6 Å². The number of nitrogens with zero attached hydrogens (tertiary/aromatic N) is 3. The number of hydrogen-bond acceptors (Lipinski definition) is 5. The molecule has 1 saturated heterocycles. The van der Waals surface area contributed by atoms with Crippen molar-refractivity contribution in [2.24, 2.45) is 0 Å². The number of piperazine rings is 1. The van der Waals surface area contributed by atoms with Gasteiger partial charge in [0, 0.05) is 25.7 Å². The zero-order chi connectivity index (χ0) is 21.7. The molecule has 0 unspecified atom stereocenters. The van der Waals surface area contributed by atoms with Crippen molar-refractivity contribution < 1.29 is 23.0 Å². The van der Waals surface area contributed by atoms with E-state index < -0.39 is 14.9 Å². The Balaban J connectivity index is 1.53. The van der Waals surface area contributed by atoms with Gasteiger partial charge in [0.2, 0.25) is 10.0 Å². The number of likely N-dealkylation sites (N-methyl/N-ethyl adjacent to an activating group) is 1. The summed E-state index contributed by atoms with van der Waals surface area (Å²) in [6.07, 6.45) is 0. The van der Waals surface area contributed by atoms with Crippen molar-refractivity contribution in [2.75, 3.05) is 39.8 Å². The molecule has 1 aliphatic heterocycles. The number of hydrogen-bond donors (Lipinski definition) is 1. The maximum Gasteiger partial charge on any atom is 0.277 e. The van der Waals surface area contributed by atoms with Gasteiger partial charge >= 0.3 is 0 Å². The van der Waals surface area contributed by atoms with Crippen LogP contribution in [0.4, 0.5) is 5.69 Å². The largest absolute Gasteiger partial charge is 0.337 e. The van der Waals surface area contributed by atoms with E-state index in [0.717, 1.165) is 10.5 Å². The van der Waals surface area contributed by atoms with Gasteiger partial charge in [0.25, 0.3) is 11.6 Å². The van der Waals surface area contributed by atoms with Gasteiger partial charge in [0.1, 0.15) is 0 Å². The lowest BCUT2D eigenvalue weighted by atomic mass is 10.2. The fourth-order valence-electron chi connectivity index (χ4n) is 3.40. The van der Waals surface area contributed by atoms with Gasteiger partial charge < -0.3 is 9.80 Å². The lowest BCUT2D eigenvalue weighted by molar-refractivity contribution is -0.896. The molecular weight excluding hydrogens is 408 g/mol. The van der Waals surface area contributed by atoms with Crippen LogP contribution in [0, 0.1) is 10.1 Å². The van der Waals surface area contributed by atoms with E-state index >= 15 is 0 Å². The van der Waals surface area contributed by atoms with E-state index in [9.17, 15) is 23.3 Å². The normalized spacial score (nSPS) is 15.6. The highest BCUT2D eigenvalue weighted by atomic mass is 32.2. The summed E-state index contributed by atoms with van der Waals surface area (Å²) in [5.74, 6) is 0.0144. The number of nitro benzene ring substituents is 1. The van der Waals surface area contributed by atoms with Crippen molar-refractivity contribution in [1.29, 1.82) is 0 Å². The van der Waals surface area contributed by atoms with Crippen molar-refractivity contribution in [3.8, 4) is 0 Å². The number of carbonyl (C=O) groups is 1. The predicted molar refractivity (Wildman–Crippen MR) is 110 cm³/mol. The first-order chi connectivity index (χ1) is 14.3. The summed E-state index contributed by atoms with van der Waals surface area (Å²) < 4.78 is 26.9. The van der Waals surface area contributed by atoms with Crippen molar-refractivity contribution in [3.63, 3.8) is 0 Å². The van der Waals surface area contributed by atoms with Gasteiger partial charge in [-0.1, -0.05) is 30.3 Å². The molecular formula is C20H25N4O5S+. The van der Waals surface area contributed by atoms with E-state index in [4.69, 9.17) is 0 Å². The van der Waals surface area contributed by atoms with E-state index in [0.29, 0.717) is 39.3 Å². The Bertz CT molecular complexity index is 988. The van der Waals surface area contributed by atoms with E-state index in [1.807, 2.05) is 30.3 Å². The third kappa shape index (κ3) is 5.21. The highest BCUT2D eigenvalue weighted by Gasteiger charge is 2.31. The van der Waals surface area contributed by atoms with Crippen molar-refractivity contribution in [3.05, 3.63) is 70.3 Å². The minimum Gasteiger partial charge on any atom is -0.337 e. The van der Waals surface area contributed by atoms with Crippen LogP contribution in [-0.4, -0.2) is 68.2 Å². The zero-order valence-electron chi connectivity index (χ0n) is 16.7. The van der Waals surface area contributed by atoms with E-state index in [2.05, 4.69) is 0 Å². The molecule has 0 aromatic heterocycles. The third-order valence-corrected chi connectivity index (χ3v) is 7.12. The molecule has 0 saturated carbocycles. The number of carbonyl (C=O) groups excluding carboxylic acids is 1. The molecule has 0 spiro atoms. The van der Waals surface area contributed by atoms with Crippen LogP contribution < -0.4 is 4.90 Å². The molecule has 10 heteroatoms. The van der Waals surface area contributed by atoms with Crippen LogP contribution in [0.5, 0.6) is 0 Å². The molecule has 1 aliphatic rings. The molecule has 2 aromatic rings. The number of sulfonamides is 1. The molecule has 0 bridgehead atoms. The van der Waals surface area contributed by atoms with Gasteiger partial charge in [-0.15, -0.1) is 0 Å². The van der Waals surface area contributed by atoms with Crippen molar-refractivity contribution in [2.45, 2.75) is 11.4 Å². The van der Waals surface area contributed by atoms with Crippen LogP contribution in [0.3, 0.4) is 0 Å². The van der Waals surface area contributed by atoms with E-state index in [-0.39, 0.29) is 16.5 Å². The highest BCUT2D eigenvalue weighted by Crippen LogP contribution is 2.19. The fourth-order valence-corrected chi connectivity index (χ4v) is 4.84.